The predicted octanol–water partition coefficient (Wildman–Crippen LogP) is 0.507. The molecule has 2 aliphatic heterocycles. The van der Waals surface area contributed by atoms with Crippen molar-refractivity contribution in [2.24, 2.45) is 11.5 Å². The fraction of sp³-hybridized carbons (Fsp3) is 0.263. The van der Waals surface area contributed by atoms with E-state index in [0.29, 0.717) is 11.1 Å². The average molecular weight is 448 g/mol. The van der Waals surface area contributed by atoms with Crippen molar-refractivity contribution in [2.75, 3.05) is 4.90 Å². The molecule has 0 fully saturated rings. The molecule has 11 nitrogen and oxygen atoms in total. The minimum absolute atomic E-state index is 0.0219. The van der Waals surface area contributed by atoms with Crippen LogP contribution < -0.4 is 21.1 Å². The van der Waals surface area contributed by atoms with Crippen LogP contribution in [-0.2, 0) is 20.7 Å². The number of nitrogens with zero attached hydrogens (tertiary/aromatic N) is 2. The van der Waals surface area contributed by atoms with E-state index in [1.807, 2.05) is 0 Å². The minimum Gasteiger partial charge on any atom is -0.408 e. The standard InChI is InChI=1S/C19H20N4O7S/c1-9-3-5-12-15(16(9)30-19(21)27)23(10(2)24)18(31(28)29)13-7-11(4-6-14(20)25)8-22(13)17(12)26/h3-6,8,13,18H,7H2,1-2H3,(H2,20,25)(H2,21,27)(H,28,29). The zero-order valence-corrected chi connectivity index (χ0v) is 17.4. The maximum atomic E-state index is 13.4. The number of fused-ring (bicyclic) bond motifs is 2. The maximum absolute atomic E-state index is 13.4. The molecule has 12 heteroatoms. The number of nitrogens with two attached hydrogens (primary N) is 2. The van der Waals surface area contributed by atoms with Crippen LogP contribution in [0.3, 0.4) is 0 Å². The van der Waals surface area contributed by atoms with Gasteiger partial charge in [0.1, 0.15) is 5.69 Å². The molecule has 3 unspecified atom stereocenters. The van der Waals surface area contributed by atoms with Crippen molar-refractivity contribution in [2.45, 2.75) is 31.7 Å². The van der Waals surface area contributed by atoms with E-state index in [1.54, 1.807) is 6.92 Å². The second kappa shape index (κ2) is 8.32. The van der Waals surface area contributed by atoms with Crippen molar-refractivity contribution in [3.05, 3.63) is 47.2 Å². The number of rotatable bonds is 4. The van der Waals surface area contributed by atoms with Gasteiger partial charge in [0, 0.05) is 19.2 Å². The van der Waals surface area contributed by atoms with Gasteiger partial charge in [-0.05, 0) is 30.5 Å². The third-order valence-corrected chi connectivity index (χ3v) is 5.87. The highest BCUT2D eigenvalue weighted by atomic mass is 32.2. The van der Waals surface area contributed by atoms with E-state index in [2.05, 4.69) is 0 Å². The molecule has 0 radical (unpaired) electrons. The normalized spacial score (nSPS) is 21.3. The molecule has 2 heterocycles. The molecule has 3 atom stereocenters. The fourth-order valence-corrected chi connectivity index (χ4v) is 4.66. The number of allylic oxidation sites excluding steroid dienone is 1. The van der Waals surface area contributed by atoms with E-state index in [1.165, 1.54) is 29.3 Å². The smallest absolute Gasteiger partial charge is 0.408 e. The van der Waals surface area contributed by atoms with E-state index in [9.17, 15) is 27.9 Å². The summed E-state index contributed by atoms with van der Waals surface area (Å²) in [4.78, 5) is 50.8. The summed E-state index contributed by atoms with van der Waals surface area (Å²) in [6, 6.07) is 2.01. The third kappa shape index (κ3) is 4.07. The lowest BCUT2D eigenvalue weighted by Crippen LogP contribution is -2.52. The Kier molecular flexibility index (Phi) is 5.95. The SMILES string of the molecule is CC(=O)N1c2c(ccc(C)c2OC(N)=O)C(=O)N2C=C(C=CC(N)=O)CC2C1S(=O)O. The number of hydrogen-bond donors (Lipinski definition) is 3. The number of hydrogen-bond acceptors (Lipinski definition) is 6. The van der Waals surface area contributed by atoms with Crippen molar-refractivity contribution in [3.8, 4) is 5.75 Å². The van der Waals surface area contributed by atoms with Crippen molar-refractivity contribution in [1.29, 1.82) is 0 Å². The molecule has 164 valence electrons. The van der Waals surface area contributed by atoms with Crippen LogP contribution in [-0.4, -0.2) is 48.9 Å². The number of carbonyl (C=O) groups is 4. The van der Waals surface area contributed by atoms with Crippen LogP contribution in [0.5, 0.6) is 5.75 Å². The van der Waals surface area contributed by atoms with Crippen LogP contribution in [0.1, 0.15) is 29.3 Å². The van der Waals surface area contributed by atoms with Gasteiger partial charge < -0.3 is 25.7 Å². The highest BCUT2D eigenvalue weighted by Gasteiger charge is 2.48. The number of aryl methyl sites for hydroxylation is 1. The van der Waals surface area contributed by atoms with Gasteiger partial charge >= 0.3 is 6.09 Å². The lowest BCUT2D eigenvalue weighted by atomic mass is 10.1. The summed E-state index contributed by atoms with van der Waals surface area (Å²) >= 11 is -2.61. The topological polar surface area (TPSA) is 173 Å². The summed E-state index contributed by atoms with van der Waals surface area (Å²) in [6.45, 7) is 2.74. The highest BCUT2D eigenvalue weighted by molar-refractivity contribution is 7.80. The minimum atomic E-state index is -2.61. The Hall–Kier alpha value is -3.51. The van der Waals surface area contributed by atoms with E-state index in [-0.39, 0.29) is 23.4 Å². The van der Waals surface area contributed by atoms with E-state index in [0.717, 1.165) is 17.9 Å². The zero-order valence-electron chi connectivity index (χ0n) is 16.6. The molecule has 3 rings (SSSR count). The van der Waals surface area contributed by atoms with E-state index in [4.69, 9.17) is 16.2 Å². The van der Waals surface area contributed by atoms with Gasteiger partial charge in [-0.25, -0.2) is 9.00 Å². The van der Waals surface area contributed by atoms with Crippen molar-refractivity contribution in [3.63, 3.8) is 0 Å². The maximum Gasteiger partial charge on any atom is 0.410 e. The molecule has 4 amide bonds. The lowest BCUT2D eigenvalue weighted by molar-refractivity contribution is -0.117. The van der Waals surface area contributed by atoms with Crippen LogP contribution in [0, 0.1) is 6.92 Å². The highest BCUT2D eigenvalue weighted by Crippen LogP contribution is 2.43. The van der Waals surface area contributed by atoms with Gasteiger partial charge in [0.25, 0.3) is 5.91 Å². The van der Waals surface area contributed by atoms with Crippen molar-refractivity contribution in [1.82, 2.24) is 4.90 Å². The third-order valence-electron chi connectivity index (χ3n) is 4.94. The second-order valence-corrected chi connectivity index (χ2v) is 8.04. The van der Waals surface area contributed by atoms with Crippen LogP contribution >= 0.6 is 0 Å². The number of carbonyl (C=O) groups excluding carboxylic acids is 4. The Labute approximate surface area is 179 Å². The largest absolute Gasteiger partial charge is 0.410 e. The fourth-order valence-electron chi connectivity index (χ4n) is 3.73. The monoisotopic (exact) mass is 448 g/mol. The van der Waals surface area contributed by atoms with Crippen LogP contribution in [0.25, 0.3) is 0 Å². The number of benzene rings is 1. The molecule has 1 aromatic rings. The first-order chi connectivity index (χ1) is 14.5. The second-order valence-electron chi connectivity index (χ2n) is 7.01. The summed E-state index contributed by atoms with van der Waals surface area (Å²) in [6.07, 6.45) is 2.84. The van der Waals surface area contributed by atoms with E-state index < -0.39 is 46.3 Å². The lowest BCUT2D eigenvalue weighted by Gasteiger charge is -2.33. The van der Waals surface area contributed by atoms with Gasteiger partial charge in [0.2, 0.25) is 11.8 Å². The zero-order chi connectivity index (χ0) is 23.0. The van der Waals surface area contributed by atoms with Crippen LogP contribution in [0.2, 0.25) is 0 Å². The summed E-state index contributed by atoms with van der Waals surface area (Å²) in [5.74, 6) is -2.08. The van der Waals surface area contributed by atoms with Gasteiger partial charge in [-0.2, -0.15) is 0 Å². The van der Waals surface area contributed by atoms with Crippen LogP contribution in [0.4, 0.5) is 10.5 Å². The molecule has 0 spiro atoms. The first kappa shape index (κ1) is 22.2. The number of primary amides is 2. The molecule has 1 aromatic carbocycles. The Bertz CT molecular complexity index is 1080. The number of anilines is 1. The first-order valence-electron chi connectivity index (χ1n) is 9.04. The number of ether oxygens (including phenoxy) is 1. The average Bonchev–Trinajstić information content (AvgIpc) is 3.04. The van der Waals surface area contributed by atoms with Gasteiger partial charge in [-0.15, -0.1) is 0 Å². The van der Waals surface area contributed by atoms with Crippen molar-refractivity contribution < 1.29 is 32.7 Å². The molecule has 0 saturated carbocycles. The molecule has 5 N–H and O–H groups in total. The summed E-state index contributed by atoms with van der Waals surface area (Å²) < 4.78 is 27.6. The molecule has 0 aliphatic carbocycles. The Morgan fingerprint density at radius 3 is 2.52 bits per heavy atom. The molecule has 2 aliphatic rings. The first-order valence-corrected chi connectivity index (χ1v) is 10.2. The Morgan fingerprint density at radius 2 is 1.97 bits per heavy atom. The van der Waals surface area contributed by atoms with Gasteiger partial charge in [0.15, 0.2) is 22.2 Å². The Morgan fingerprint density at radius 1 is 1.29 bits per heavy atom. The van der Waals surface area contributed by atoms with Crippen molar-refractivity contribution >= 4 is 40.6 Å². The molecule has 0 saturated heterocycles. The summed E-state index contributed by atoms with van der Waals surface area (Å²) in [7, 11) is 0. The summed E-state index contributed by atoms with van der Waals surface area (Å²) in [5.41, 5.74) is 11.0. The molecular formula is C19H20N4O7S. The molecule has 0 aromatic heterocycles. The molecular weight excluding hydrogens is 428 g/mol. The van der Waals surface area contributed by atoms with Gasteiger partial charge in [-0.3, -0.25) is 19.3 Å². The quantitative estimate of drug-likeness (QED) is 0.444. The molecule has 31 heavy (non-hydrogen) atoms. The van der Waals surface area contributed by atoms with Crippen LogP contribution in [0.15, 0.2) is 36.1 Å². The van der Waals surface area contributed by atoms with E-state index >= 15 is 0 Å². The van der Waals surface area contributed by atoms with Gasteiger partial charge in [-0.1, -0.05) is 12.1 Å². The summed E-state index contributed by atoms with van der Waals surface area (Å²) in [5, 5.41) is -1.39. The predicted molar refractivity (Wildman–Crippen MR) is 110 cm³/mol. The Balaban J connectivity index is 2.28. The van der Waals surface area contributed by atoms with Gasteiger partial charge in [0.05, 0.1) is 11.6 Å². The number of amides is 4. The molecule has 0 bridgehead atoms.